The number of hydrogen-bond donors (Lipinski definition) is 3. The van der Waals surface area contributed by atoms with Gasteiger partial charge in [0, 0.05) is 21.3 Å². The number of carbonyl (C=O) groups is 1. The Morgan fingerprint density at radius 1 is 1.26 bits per heavy atom. The third-order valence-corrected chi connectivity index (χ3v) is 5.16. The van der Waals surface area contributed by atoms with Crippen LogP contribution in [0.4, 0.5) is 20.2 Å². The fourth-order valence-electron chi connectivity index (χ4n) is 2.39. The lowest BCUT2D eigenvalue weighted by Gasteiger charge is -2.19. The first-order valence-corrected chi connectivity index (χ1v) is 10.1. The maximum atomic E-state index is 14.6. The number of benzene rings is 2. The van der Waals surface area contributed by atoms with E-state index in [0.29, 0.717) is 18.7 Å². The minimum Gasteiger partial charge on any atom is -0.352 e. The SMILES string of the molecule is Cc1cc(I)ccc1Nc1c(C(=O)NCCC(C)(C)N)cc(Br)c(F)c1F. The van der Waals surface area contributed by atoms with Crippen molar-refractivity contribution in [2.75, 3.05) is 11.9 Å². The largest absolute Gasteiger partial charge is 0.352 e. The number of nitrogens with one attached hydrogen (secondary N) is 2. The summed E-state index contributed by atoms with van der Waals surface area (Å²) in [4.78, 5) is 12.6. The van der Waals surface area contributed by atoms with Crippen molar-refractivity contribution in [3.05, 3.63) is 55.1 Å². The van der Waals surface area contributed by atoms with E-state index in [1.165, 1.54) is 6.07 Å². The fraction of sp³-hybridized carbons (Fsp3) is 0.316. The molecule has 4 nitrogen and oxygen atoms in total. The fourth-order valence-corrected chi connectivity index (χ4v) is 3.44. The van der Waals surface area contributed by atoms with E-state index in [2.05, 4.69) is 49.2 Å². The molecule has 0 saturated heterocycles. The van der Waals surface area contributed by atoms with E-state index in [1.54, 1.807) is 6.07 Å². The number of carbonyl (C=O) groups excluding carboxylic acids is 1. The van der Waals surface area contributed by atoms with Gasteiger partial charge in [-0.3, -0.25) is 4.79 Å². The Kier molecular flexibility index (Phi) is 7.20. The predicted molar refractivity (Wildman–Crippen MR) is 116 cm³/mol. The minimum absolute atomic E-state index is 0.00792. The maximum absolute atomic E-state index is 14.6. The van der Waals surface area contributed by atoms with Crippen LogP contribution >= 0.6 is 38.5 Å². The second-order valence-electron chi connectivity index (χ2n) is 6.99. The second kappa shape index (κ2) is 8.83. The molecule has 2 aromatic rings. The van der Waals surface area contributed by atoms with Gasteiger partial charge in [-0.05, 0) is 95.5 Å². The average Bonchev–Trinajstić information content (AvgIpc) is 2.55. The quantitative estimate of drug-likeness (QED) is 0.340. The lowest BCUT2D eigenvalue weighted by atomic mass is 10.0. The molecular formula is C19H21BrF2IN3O. The van der Waals surface area contributed by atoms with E-state index in [1.807, 2.05) is 32.9 Å². The summed E-state index contributed by atoms with van der Waals surface area (Å²) in [5, 5.41) is 5.58. The summed E-state index contributed by atoms with van der Waals surface area (Å²) in [7, 11) is 0. The van der Waals surface area contributed by atoms with Gasteiger partial charge in [0.1, 0.15) is 0 Å². The average molecular weight is 552 g/mol. The summed E-state index contributed by atoms with van der Waals surface area (Å²) in [5.74, 6) is -2.68. The summed E-state index contributed by atoms with van der Waals surface area (Å²) in [5.41, 5.74) is 6.71. The highest BCUT2D eigenvalue weighted by molar-refractivity contribution is 14.1. The van der Waals surface area contributed by atoms with Crippen LogP contribution in [0.25, 0.3) is 0 Å². The summed E-state index contributed by atoms with van der Waals surface area (Å²) >= 11 is 5.13. The lowest BCUT2D eigenvalue weighted by molar-refractivity contribution is 0.0951. The Hall–Kier alpha value is -1.26. The van der Waals surface area contributed by atoms with E-state index in [0.717, 1.165) is 9.13 Å². The Balaban J connectivity index is 2.37. The van der Waals surface area contributed by atoms with Gasteiger partial charge < -0.3 is 16.4 Å². The zero-order chi connectivity index (χ0) is 20.4. The molecule has 0 aliphatic rings. The van der Waals surface area contributed by atoms with Gasteiger partial charge in [-0.1, -0.05) is 0 Å². The van der Waals surface area contributed by atoms with Crippen molar-refractivity contribution >= 4 is 55.8 Å². The molecule has 0 bridgehead atoms. The van der Waals surface area contributed by atoms with Gasteiger partial charge in [-0.15, -0.1) is 0 Å². The van der Waals surface area contributed by atoms with Crippen molar-refractivity contribution in [3.8, 4) is 0 Å². The van der Waals surface area contributed by atoms with Crippen molar-refractivity contribution in [2.24, 2.45) is 5.73 Å². The van der Waals surface area contributed by atoms with Crippen LogP contribution in [0.3, 0.4) is 0 Å². The van der Waals surface area contributed by atoms with Gasteiger partial charge >= 0.3 is 0 Å². The molecule has 0 aliphatic heterocycles. The van der Waals surface area contributed by atoms with Crippen LogP contribution in [0.5, 0.6) is 0 Å². The van der Waals surface area contributed by atoms with Crippen LogP contribution in [0, 0.1) is 22.1 Å². The smallest absolute Gasteiger partial charge is 0.253 e. The first-order chi connectivity index (χ1) is 12.5. The highest BCUT2D eigenvalue weighted by Crippen LogP contribution is 2.32. The van der Waals surface area contributed by atoms with E-state index in [4.69, 9.17) is 5.73 Å². The van der Waals surface area contributed by atoms with E-state index < -0.39 is 23.1 Å². The molecule has 0 fully saturated rings. The summed E-state index contributed by atoms with van der Waals surface area (Å²) in [6.45, 7) is 5.86. The lowest BCUT2D eigenvalue weighted by Crippen LogP contribution is -2.37. The molecule has 0 aliphatic carbocycles. The third kappa shape index (κ3) is 5.86. The van der Waals surface area contributed by atoms with Crippen molar-refractivity contribution in [1.82, 2.24) is 5.32 Å². The van der Waals surface area contributed by atoms with Crippen LogP contribution in [0.2, 0.25) is 0 Å². The molecule has 0 aromatic heterocycles. The molecule has 146 valence electrons. The first-order valence-electron chi connectivity index (χ1n) is 8.27. The van der Waals surface area contributed by atoms with Crippen molar-refractivity contribution < 1.29 is 13.6 Å². The number of halogens is 4. The van der Waals surface area contributed by atoms with Gasteiger partial charge in [-0.2, -0.15) is 0 Å². The molecule has 0 radical (unpaired) electrons. The molecule has 8 heteroatoms. The molecule has 0 atom stereocenters. The Bertz CT molecular complexity index is 869. The van der Waals surface area contributed by atoms with Crippen molar-refractivity contribution in [1.29, 1.82) is 0 Å². The highest BCUT2D eigenvalue weighted by atomic mass is 127. The van der Waals surface area contributed by atoms with Gasteiger partial charge in [0.2, 0.25) is 0 Å². The normalized spacial score (nSPS) is 11.4. The summed E-state index contributed by atoms with van der Waals surface area (Å²) < 4.78 is 29.6. The first kappa shape index (κ1) is 22.0. The topological polar surface area (TPSA) is 67.2 Å². The van der Waals surface area contributed by atoms with Crippen molar-refractivity contribution in [2.45, 2.75) is 32.7 Å². The molecule has 0 saturated carbocycles. The van der Waals surface area contributed by atoms with Gasteiger partial charge in [0.25, 0.3) is 5.91 Å². The minimum atomic E-state index is -1.12. The Labute approximate surface area is 179 Å². The van der Waals surface area contributed by atoms with Crippen LogP contribution in [-0.4, -0.2) is 18.0 Å². The third-order valence-electron chi connectivity index (χ3n) is 3.91. The summed E-state index contributed by atoms with van der Waals surface area (Å²) in [6.07, 6.45) is 0.544. The zero-order valence-corrected chi connectivity index (χ0v) is 19.0. The number of hydrogen-bond acceptors (Lipinski definition) is 3. The van der Waals surface area contributed by atoms with Gasteiger partial charge in [0.15, 0.2) is 11.6 Å². The Morgan fingerprint density at radius 3 is 2.52 bits per heavy atom. The number of amides is 1. The highest BCUT2D eigenvalue weighted by Gasteiger charge is 2.23. The van der Waals surface area contributed by atoms with Crippen molar-refractivity contribution in [3.63, 3.8) is 0 Å². The van der Waals surface area contributed by atoms with Crippen LogP contribution in [-0.2, 0) is 0 Å². The standard InChI is InChI=1S/C19H21BrF2IN3O/c1-10-8-11(23)4-5-14(10)26-17-12(9-13(20)15(21)16(17)22)18(27)25-7-6-19(2,3)24/h4-5,8-9,26H,6-7,24H2,1-3H3,(H,25,27). The molecule has 2 rings (SSSR count). The maximum Gasteiger partial charge on any atom is 0.253 e. The number of aryl methyl sites for hydroxylation is 1. The molecule has 0 heterocycles. The van der Waals surface area contributed by atoms with Crippen LogP contribution in [0.15, 0.2) is 28.7 Å². The molecule has 0 spiro atoms. The van der Waals surface area contributed by atoms with E-state index in [-0.39, 0.29) is 15.7 Å². The van der Waals surface area contributed by atoms with Gasteiger partial charge in [0.05, 0.1) is 15.7 Å². The van der Waals surface area contributed by atoms with Crippen LogP contribution in [0.1, 0.15) is 36.2 Å². The summed E-state index contributed by atoms with van der Waals surface area (Å²) in [6, 6.07) is 6.77. The number of nitrogens with two attached hydrogens (primary N) is 1. The Morgan fingerprint density at radius 2 is 1.93 bits per heavy atom. The van der Waals surface area contributed by atoms with Gasteiger partial charge in [-0.25, -0.2) is 8.78 Å². The zero-order valence-electron chi connectivity index (χ0n) is 15.2. The molecule has 4 N–H and O–H groups in total. The number of rotatable bonds is 6. The van der Waals surface area contributed by atoms with E-state index >= 15 is 0 Å². The molecular weight excluding hydrogens is 531 g/mol. The predicted octanol–water partition coefficient (Wildman–Crippen LogP) is 5.24. The molecule has 2 aromatic carbocycles. The van der Waals surface area contributed by atoms with E-state index in [9.17, 15) is 13.6 Å². The second-order valence-corrected chi connectivity index (χ2v) is 9.09. The molecule has 0 unspecified atom stereocenters. The number of anilines is 2. The molecule has 27 heavy (non-hydrogen) atoms. The monoisotopic (exact) mass is 551 g/mol. The molecule has 1 amide bonds. The van der Waals surface area contributed by atoms with Crippen LogP contribution < -0.4 is 16.4 Å².